The molecule has 6 aromatic rings. The summed E-state index contributed by atoms with van der Waals surface area (Å²) >= 11 is 0. The van der Waals surface area contributed by atoms with E-state index in [1.54, 1.807) is 62.8 Å². The van der Waals surface area contributed by atoms with E-state index in [-0.39, 0.29) is 18.4 Å². The number of carbonyl (C=O) groups excluding carboxylic acids is 3. The highest BCUT2D eigenvalue weighted by Gasteiger charge is 2.26. The van der Waals surface area contributed by atoms with Gasteiger partial charge in [0.25, 0.3) is 5.91 Å². The highest BCUT2D eigenvalue weighted by molar-refractivity contribution is 6.06. The molecule has 6 rings (SSSR count). The number of para-hydroxylation sites is 1. The van der Waals surface area contributed by atoms with Crippen LogP contribution in [0.2, 0.25) is 0 Å². The van der Waals surface area contributed by atoms with Crippen molar-refractivity contribution in [1.82, 2.24) is 20.3 Å². The minimum Gasteiger partial charge on any atom is -0.497 e. The number of benzene rings is 5. The summed E-state index contributed by atoms with van der Waals surface area (Å²) in [5.74, 6) is -0.266. The summed E-state index contributed by atoms with van der Waals surface area (Å²) in [6, 6.07) is 40.5. The van der Waals surface area contributed by atoms with E-state index in [0.29, 0.717) is 40.4 Å². The molecule has 1 unspecified atom stereocenters. The number of hydrogen-bond donors (Lipinski definition) is 2. The molecule has 0 aliphatic carbocycles. The van der Waals surface area contributed by atoms with Crippen LogP contribution in [0.25, 0.3) is 22.4 Å². The molecule has 0 fully saturated rings. The van der Waals surface area contributed by atoms with Crippen molar-refractivity contribution in [3.63, 3.8) is 0 Å². The Balaban J connectivity index is 1.13. The lowest BCUT2D eigenvalue weighted by Crippen LogP contribution is -2.49. The molecule has 1 atom stereocenters. The first-order valence-corrected chi connectivity index (χ1v) is 16.1. The van der Waals surface area contributed by atoms with Crippen molar-refractivity contribution in [2.75, 3.05) is 24.4 Å². The number of aromatic nitrogens is 3. The van der Waals surface area contributed by atoms with E-state index >= 15 is 0 Å². The Morgan fingerprint density at radius 2 is 1.42 bits per heavy atom. The van der Waals surface area contributed by atoms with Gasteiger partial charge in [-0.05, 0) is 59.2 Å². The van der Waals surface area contributed by atoms with Gasteiger partial charge in [0.05, 0.1) is 19.0 Å². The van der Waals surface area contributed by atoms with E-state index < -0.39 is 11.9 Å². The molecule has 0 spiro atoms. The highest BCUT2D eigenvalue weighted by atomic mass is 16.5. The zero-order chi connectivity index (χ0) is 34.9. The van der Waals surface area contributed by atoms with Gasteiger partial charge in [-0.15, -0.1) is 5.10 Å². The third kappa shape index (κ3) is 8.11. The minimum absolute atomic E-state index is 0.167. The second-order valence-electron chi connectivity index (χ2n) is 11.6. The normalized spacial score (nSPS) is 11.3. The van der Waals surface area contributed by atoms with Crippen LogP contribution in [-0.2, 0) is 22.6 Å². The zero-order valence-electron chi connectivity index (χ0n) is 27.7. The van der Waals surface area contributed by atoms with Gasteiger partial charge in [-0.25, -0.2) is 4.68 Å². The number of amides is 3. The first-order valence-electron chi connectivity index (χ1n) is 16.1. The lowest BCUT2D eigenvalue weighted by molar-refractivity contribution is -0.127. The Hall–Kier alpha value is -6.55. The average Bonchev–Trinajstić information content (AvgIpc) is 3.63. The summed E-state index contributed by atoms with van der Waals surface area (Å²) in [6.07, 6.45) is 1.94. The van der Waals surface area contributed by atoms with Crippen molar-refractivity contribution in [2.45, 2.75) is 19.0 Å². The molecule has 0 aliphatic rings. The fraction of sp³-hybridized carbons (Fsp3) is 0.125. The SMILES string of the molecule is COc1ccc(N(C)C(=O)C(Cc2ccccc2)NC(=O)Cn2cc(-c3ccccc3NC(=O)c3ccc(-c4ccccc4)cc3)nn2)cc1. The van der Waals surface area contributed by atoms with Crippen LogP contribution >= 0.6 is 0 Å². The maximum Gasteiger partial charge on any atom is 0.255 e. The van der Waals surface area contributed by atoms with Crippen molar-refractivity contribution in [1.29, 1.82) is 0 Å². The van der Waals surface area contributed by atoms with E-state index in [1.807, 2.05) is 91.0 Å². The van der Waals surface area contributed by atoms with Crippen LogP contribution in [0.5, 0.6) is 5.75 Å². The molecule has 1 heterocycles. The van der Waals surface area contributed by atoms with Gasteiger partial charge in [-0.2, -0.15) is 0 Å². The molecule has 250 valence electrons. The molecule has 0 radical (unpaired) electrons. The summed E-state index contributed by atoms with van der Waals surface area (Å²) < 4.78 is 6.65. The number of ether oxygens (including phenoxy) is 1. The average molecular weight is 665 g/mol. The molecular formula is C40H36N6O4. The quantitative estimate of drug-likeness (QED) is 0.159. The number of hydrogen-bond acceptors (Lipinski definition) is 6. The maximum atomic E-state index is 13.7. The molecule has 50 heavy (non-hydrogen) atoms. The van der Waals surface area contributed by atoms with E-state index in [1.165, 1.54) is 9.58 Å². The predicted octanol–water partition coefficient (Wildman–Crippen LogP) is 6.26. The minimum atomic E-state index is -0.835. The van der Waals surface area contributed by atoms with Crippen molar-refractivity contribution < 1.29 is 19.1 Å². The zero-order valence-corrected chi connectivity index (χ0v) is 27.7. The van der Waals surface area contributed by atoms with E-state index in [9.17, 15) is 14.4 Å². The molecule has 0 saturated carbocycles. The molecule has 0 aliphatic heterocycles. The Kier molecular flexibility index (Phi) is 10.4. The lowest BCUT2D eigenvalue weighted by Gasteiger charge is -2.25. The molecular weight excluding hydrogens is 628 g/mol. The first kappa shape index (κ1) is 33.4. The molecule has 10 nitrogen and oxygen atoms in total. The van der Waals surface area contributed by atoms with Gasteiger partial charge in [0.2, 0.25) is 11.8 Å². The van der Waals surface area contributed by atoms with Crippen molar-refractivity contribution in [3.05, 3.63) is 151 Å². The smallest absolute Gasteiger partial charge is 0.255 e. The predicted molar refractivity (Wildman–Crippen MR) is 194 cm³/mol. The Morgan fingerprint density at radius 3 is 2.12 bits per heavy atom. The number of nitrogens with one attached hydrogen (secondary N) is 2. The van der Waals surface area contributed by atoms with Crippen LogP contribution in [-0.4, -0.2) is 52.9 Å². The molecule has 1 aromatic heterocycles. The second-order valence-corrected chi connectivity index (χ2v) is 11.6. The molecule has 10 heteroatoms. The van der Waals surface area contributed by atoms with Crippen LogP contribution in [0.3, 0.4) is 0 Å². The van der Waals surface area contributed by atoms with Gasteiger partial charge in [0.1, 0.15) is 24.0 Å². The third-order valence-corrected chi connectivity index (χ3v) is 8.26. The summed E-state index contributed by atoms with van der Waals surface area (Å²) in [7, 11) is 3.26. The van der Waals surface area contributed by atoms with Gasteiger partial charge in [0.15, 0.2) is 0 Å². The summed E-state index contributed by atoms with van der Waals surface area (Å²) in [4.78, 5) is 41.8. The van der Waals surface area contributed by atoms with Gasteiger partial charge in [0, 0.05) is 30.3 Å². The molecule has 0 bridgehead atoms. The van der Waals surface area contributed by atoms with Crippen LogP contribution < -0.4 is 20.3 Å². The largest absolute Gasteiger partial charge is 0.497 e. The molecule has 3 amide bonds. The monoisotopic (exact) mass is 664 g/mol. The van der Waals surface area contributed by atoms with Crippen LogP contribution in [0, 0.1) is 0 Å². The number of carbonyl (C=O) groups is 3. The first-order chi connectivity index (χ1) is 24.4. The standard InChI is InChI=1S/C40H36N6O4/c1-45(32-21-23-33(50-2)24-22-32)40(49)36(25-28-11-5-3-6-12-28)41-38(47)27-46-26-37(43-44-46)34-15-9-10-16-35(34)42-39(48)31-19-17-30(18-20-31)29-13-7-4-8-14-29/h3-24,26,36H,25,27H2,1-2H3,(H,41,47)(H,42,48). The van der Waals surface area contributed by atoms with Crippen LogP contribution in [0.15, 0.2) is 140 Å². The maximum absolute atomic E-state index is 13.7. The van der Waals surface area contributed by atoms with Crippen molar-refractivity contribution in [2.24, 2.45) is 0 Å². The van der Waals surface area contributed by atoms with Gasteiger partial charge >= 0.3 is 0 Å². The van der Waals surface area contributed by atoms with Crippen molar-refractivity contribution in [3.8, 4) is 28.1 Å². The highest BCUT2D eigenvalue weighted by Crippen LogP contribution is 2.27. The van der Waals surface area contributed by atoms with Crippen molar-refractivity contribution >= 4 is 29.1 Å². The Morgan fingerprint density at radius 1 is 0.780 bits per heavy atom. The van der Waals surface area contributed by atoms with E-state index in [0.717, 1.165) is 16.7 Å². The number of methoxy groups -OCH3 is 1. The van der Waals surface area contributed by atoms with Crippen LogP contribution in [0.1, 0.15) is 15.9 Å². The Labute approximate surface area is 290 Å². The number of nitrogens with zero attached hydrogens (tertiary/aromatic N) is 4. The fourth-order valence-electron chi connectivity index (χ4n) is 5.56. The van der Waals surface area contributed by atoms with Crippen LogP contribution in [0.4, 0.5) is 11.4 Å². The summed E-state index contributed by atoms with van der Waals surface area (Å²) in [5.41, 5.74) is 5.84. The summed E-state index contributed by atoms with van der Waals surface area (Å²) in [5, 5.41) is 14.3. The Bertz CT molecular complexity index is 2060. The topological polar surface area (TPSA) is 118 Å². The third-order valence-electron chi connectivity index (χ3n) is 8.26. The number of rotatable bonds is 12. The number of likely N-dealkylation sites (N-methyl/N-ethyl adjacent to an activating group) is 1. The van der Waals surface area contributed by atoms with E-state index in [4.69, 9.17) is 4.74 Å². The fourth-order valence-corrected chi connectivity index (χ4v) is 5.56. The second kappa shape index (κ2) is 15.6. The molecule has 5 aromatic carbocycles. The lowest BCUT2D eigenvalue weighted by atomic mass is 10.0. The van der Waals surface area contributed by atoms with Gasteiger partial charge in [-0.3, -0.25) is 14.4 Å². The molecule has 2 N–H and O–H groups in total. The molecule has 0 saturated heterocycles. The number of anilines is 2. The van der Waals surface area contributed by atoms with Gasteiger partial charge in [-0.1, -0.05) is 96.2 Å². The summed E-state index contributed by atoms with van der Waals surface area (Å²) in [6.45, 7) is -0.167. The van der Waals surface area contributed by atoms with Gasteiger partial charge < -0.3 is 20.3 Å². The van der Waals surface area contributed by atoms with E-state index in [2.05, 4.69) is 20.9 Å².